The van der Waals surface area contributed by atoms with Gasteiger partial charge in [-0.05, 0) is 61.4 Å². The van der Waals surface area contributed by atoms with E-state index in [0.29, 0.717) is 57.2 Å². The van der Waals surface area contributed by atoms with Crippen LogP contribution in [-0.2, 0) is 22.4 Å². The summed E-state index contributed by atoms with van der Waals surface area (Å²) in [6.45, 7) is 8.18. The summed E-state index contributed by atoms with van der Waals surface area (Å²) in [6.07, 6.45) is 7.36. The molecule has 45 heavy (non-hydrogen) atoms. The Morgan fingerprint density at radius 2 is 1.67 bits per heavy atom. The third-order valence-electron chi connectivity index (χ3n) is 10.0. The number of carbonyl (C=O) groups is 3. The second-order valence-corrected chi connectivity index (χ2v) is 12.7. The number of hydrogen-bond acceptors (Lipinski definition) is 6. The highest BCUT2D eigenvalue weighted by Gasteiger charge is 2.36. The van der Waals surface area contributed by atoms with Gasteiger partial charge in [-0.3, -0.25) is 9.69 Å². The van der Waals surface area contributed by atoms with E-state index in [4.69, 9.17) is 4.74 Å². The Morgan fingerprint density at radius 1 is 0.933 bits per heavy atom. The van der Waals surface area contributed by atoms with E-state index in [-0.39, 0.29) is 30.2 Å². The number of amides is 4. The molecule has 6 rings (SSSR count). The van der Waals surface area contributed by atoms with Crippen molar-refractivity contribution in [1.29, 1.82) is 0 Å². The lowest BCUT2D eigenvalue weighted by atomic mass is 10.0. The first-order valence-corrected chi connectivity index (χ1v) is 16.5. The van der Waals surface area contributed by atoms with Crippen molar-refractivity contribution in [3.8, 4) is 5.75 Å². The molecular weight excluding hydrogens is 570 g/mol. The van der Waals surface area contributed by atoms with Gasteiger partial charge in [0.1, 0.15) is 5.75 Å². The van der Waals surface area contributed by atoms with E-state index in [1.165, 1.54) is 25.7 Å². The number of likely N-dealkylation sites (tertiary alicyclic amines) is 1. The highest BCUT2D eigenvalue weighted by Crippen LogP contribution is 2.27. The molecule has 0 unspecified atom stereocenters. The molecule has 2 aromatic carbocycles. The number of piperazine rings is 1. The first kappa shape index (κ1) is 31.0. The molecule has 1 aliphatic carbocycles. The first-order chi connectivity index (χ1) is 21.9. The van der Waals surface area contributed by atoms with Gasteiger partial charge in [-0.25, -0.2) is 9.59 Å². The van der Waals surface area contributed by atoms with E-state index in [1.807, 2.05) is 34.1 Å². The number of piperidine rings is 1. The molecular formula is C35H45N5O5. The molecule has 10 heteroatoms. The minimum atomic E-state index is -0.981. The van der Waals surface area contributed by atoms with Gasteiger partial charge >= 0.3 is 12.1 Å². The van der Waals surface area contributed by atoms with E-state index in [1.54, 1.807) is 29.2 Å². The zero-order chi connectivity index (χ0) is 31.3. The standard InChI is InChI=1S/C35H45N5O5/c1-2-26-23-25(11-12-31(26)41)24-32(33(42)38-21-19-37(20-22-38)28-8-4-5-9-28)45-35(44)39-16-14-29(15-17-39)40-18-13-27-7-3-6-10-30(27)36-34(40)43/h2-3,6-7,10-12,23,28-29,32,41H,1,4-5,8-9,13-22,24H2,(H,36,43)/t32-/m1/s1. The molecule has 1 atom stereocenters. The lowest BCUT2D eigenvalue weighted by molar-refractivity contribution is -0.143. The summed E-state index contributed by atoms with van der Waals surface area (Å²) in [5, 5.41) is 13.2. The van der Waals surface area contributed by atoms with Crippen molar-refractivity contribution in [2.24, 2.45) is 0 Å². The zero-order valence-electron chi connectivity index (χ0n) is 26.0. The SMILES string of the molecule is C=Cc1cc(C[C@@H](OC(=O)N2CCC(N3CCc4ccccc4NC3=O)CC2)C(=O)N2CCN(C3CCCC3)CC2)ccc1O. The van der Waals surface area contributed by atoms with Gasteiger partial charge in [0, 0.05) is 75.6 Å². The Morgan fingerprint density at radius 3 is 2.40 bits per heavy atom. The molecule has 4 amide bonds. The van der Waals surface area contributed by atoms with E-state index < -0.39 is 12.2 Å². The number of phenolic OH excluding ortho intramolecular Hbond substituents is 1. The van der Waals surface area contributed by atoms with Crippen molar-refractivity contribution in [3.63, 3.8) is 0 Å². The van der Waals surface area contributed by atoms with Crippen LogP contribution in [0, 0.1) is 0 Å². The topological polar surface area (TPSA) is 106 Å². The largest absolute Gasteiger partial charge is 0.507 e. The number of rotatable bonds is 7. The third-order valence-corrected chi connectivity index (χ3v) is 10.0. The van der Waals surface area contributed by atoms with Crippen molar-refractivity contribution in [1.82, 2.24) is 19.6 Å². The number of urea groups is 1. The fourth-order valence-electron chi connectivity index (χ4n) is 7.36. The van der Waals surface area contributed by atoms with E-state index >= 15 is 0 Å². The Labute approximate surface area is 265 Å². The number of ether oxygens (including phenoxy) is 1. The molecule has 2 saturated heterocycles. The van der Waals surface area contributed by atoms with Crippen molar-refractivity contribution < 1.29 is 24.2 Å². The molecule has 1 saturated carbocycles. The number of carbonyl (C=O) groups excluding carboxylic acids is 3. The number of phenols is 1. The predicted molar refractivity (Wildman–Crippen MR) is 173 cm³/mol. The van der Waals surface area contributed by atoms with Crippen LogP contribution in [0.2, 0.25) is 0 Å². The second-order valence-electron chi connectivity index (χ2n) is 12.7. The van der Waals surface area contributed by atoms with Crippen LogP contribution in [0.5, 0.6) is 5.75 Å². The lowest BCUT2D eigenvalue weighted by Crippen LogP contribution is -2.55. The maximum absolute atomic E-state index is 13.9. The third kappa shape index (κ3) is 7.11. The summed E-state index contributed by atoms with van der Waals surface area (Å²) in [6, 6.07) is 13.5. The van der Waals surface area contributed by atoms with Gasteiger partial charge in [-0.2, -0.15) is 0 Å². The molecule has 0 bridgehead atoms. The Kier molecular flexibility index (Phi) is 9.59. The van der Waals surface area contributed by atoms with Crippen LogP contribution >= 0.6 is 0 Å². The molecule has 2 N–H and O–H groups in total. The van der Waals surface area contributed by atoms with Crippen molar-refractivity contribution in [2.75, 3.05) is 51.1 Å². The van der Waals surface area contributed by atoms with Crippen LogP contribution in [-0.4, -0.2) is 107 Å². The summed E-state index contributed by atoms with van der Waals surface area (Å²) < 4.78 is 6.00. The van der Waals surface area contributed by atoms with Crippen molar-refractivity contribution in [2.45, 2.75) is 69.6 Å². The fourth-order valence-corrected chi connectivity index (χ4v) is 7.36. The van der Waals surface area contributed by atoms with E-state index in [0.717, 1.165) is 36.3 Å². The number of nitrogens with zero attached hydrogens (tertiary/aromatic N) is 4. The molecule has 2 aromatic rings. The van der Waals surface area contributed by atoms with Gasteiger partial charge in [0.2, 0.25) is 0 Å². The molecule has 0 radical (unpaired) electrons. The number of benzene rings is 2. The van der Waals surface area contributed by atoms with Gasteiger partial charge in [0.15, 0.2) is 6.10 Å². The van der Waals surface area contributed by atoms with Crippen LogP contribution in [0.25, 0.3) is 6.08 Å². The number of aromatic hydroxyl groups is 1. The molecule has 3 heterocycles. The summed E-state index contributed by atoms with van der Waals surface area (Å²) in [4.78, 5) is 48.3. The average molecular weight is 616 g/mol. The summed E-state index contributed by atoms with van der Waals surface area (Å²) in [7, 11) is 0. The lowest BCUT2D eigenvalue weighted by Gasteiger charge is -2.40. The molecule has 0 aromatic heterocycles. The highest BCUT2D eigenvalue weighted by atomic mass is 16.6. The van der Waals surface area contributed by atoms with Gasteiger partial charge < -0.3 is 29.9 Å². The fraction of sp³-hybridized carbons (Fsp3) is 0.514. The molecule has 0 spiro atoms. The van der Waals surface area contributed by atoms with Gasteiger partial charge in [-0.15, -0.1) is 0 Å². The minimum absolute atomic E-state index is 0.0197. The monoisotopic (exact) mass is 615 g/mol. The maximum atomic E-state index is 13.9. The van der Waals surface area contributed by atoms with E-state index in [9.17, 15) is 19.5 Å². The number of anilines is 1. The second kappa shape index (κ2) is 13.9. The normalized spacial score (nSPS) is 20.7. The Bertz CT molecular complexity index is 1390. The Hall–Kier alpha value is -4.05. The average Bonchev–Trinajstić information content (AvgIpc) is 3.55. The van der Waals surface area contributed by atoms with Gasteiger partial charge in [-0.1, -0.05) is 49.8 Å². The van der Waals surface area contributed by atoms with Gasteiger partial charge in [0.25, 0.3) is 5.91 Å². The van der Waals surface area contributed by atoms with E-state index in [2.05, 4.69) is 16.8 Å². The predicted octanol–water partition coefficient (Wildman–Crippen LogP) is 4.72. The summed E-state index contributed by atoms with van der Waals surface area (Å²) in [5.41, 5.74) is 3.33. The van der Waals surface area contributed by atoms with Crippen LogP contribution < -0.4 is 5.32 Å². The van der Waals surface area contributed by atoms with Crippen LogP contribution in [0.4, 0.5) is 15.3 Å². The summed E-state index contributed by atoms with van der Waals surface area (Å²) in [5.74, 6) is -0.0696. The van der Waals surface area contributed by atoms with Crippen LogP contribution in [0.15, 0.2) is 49.0 Å². The zero-order valence-corrected chi connectivity index (χ0v) is 26.0. The first-order valence-electron chi connectivity index (χ1n) is 16.5. The number of fused-ring (bicyclic) bond motifs is 1. The molecule has 3 fully saturated rings. The maximum Gasteiger partial charge on any atom is 0.410 e. The number of hydrogen-bond donors (Lipinski definition) is 2. The van der Waals surface area contributed by atoms with Crippen molar-refractivity contribution >= 4 is 29.8 Å². The smallest absolute Gasteiger partial charge is 0.410 e. The van der Waals surface area contributed by atoms with Crippen LogP contribution in [0.3, 0.4) is 0 Å². The summed E-state index contributed by atoms with van der Waals surface area (Å²) >= 11 is 0. The Balaban J connectivity index is 1.09. The molecule has 10 nitrogen and oxygen atoms in total. The molecule has 4 aliphatic rings. The van der Waals surface area contributed by atoms with Gasteiger partial charge in [0.05, 0.1) is 0 Å². The number of para-hydroxylation sites is 1. The number of nitrogens with one attached hydrogen (secondary N) is 1. The highest BCUT2D eigenvalue weighted by molar-refractivity contribution is 5.91. The van der Waals surface area contributed by atoms with Crippen LogP contribution in [0.1, 0.15) is 55.2 Å². The quantitative estimate of drug-likeness (QED) is 0.467. The van der Waals surface area contributed by atoms with Crippen molar-refractivity contribution in [3.05, 3.63) is 65.7 Å². The molecule has 240 valence electrons. The molecule has 3 aliphatic heterocycles. The minimum Gasteiger partial charge on any atom is -0.507 e.